The lowest BCUT2D eigenvalue weighted by Gasteiger charge is -2.44. The van der Waals surface area contributed by atoms with E-state index in [1.54, 1.807) is 27.7 Å². The maximum absolute atomic E-state index is 13.0. The quantitative estimate of drug-likeness (QED) is 0.0314. The predicted octanol–water partition coefficient (Wildman–Crippen LogP) is -2.25. The van der Waals surface area contributed by atoms with Crippen molar-refractivity contribution in [2.75, 3.05) is 40.5 Å². The molecule has 0 radical (unpaired) electrons. The van der Waals surface area contributed by atoms with Crippen molar-refractivity contribution in [1.82, 2.24) is 23.5 Å². The minimum Gasteiger partial charge on any atom is -0.466 e. The van der Waals surface area contributed by atoms with Gasteiger partial charge in [0.2, 0.25) is 11.8 Å². The number of barbiturate groups is 1. The lowest BCUT2D eigenvalue weighted by Crippen LogP contribution is -2.66. The van der Waals surface area contributed by atoms with E-state index >= 15 is 0 Å². The minimum absolute atomic E-state index is 0.132. The number of allylic oxidation sites excluding steroid dienone is 1. The summed E-state index contributed by atoms with van der Waals surface area (Å²) in [6.07, 6.45) is 0.519. The molecular formula is C38H55N5O18. The fourth-order valence-electron chi connectivity index (χ4n) is 5.45. The van der Waals surface area contributed by atoms with Crippen LogP contribution in [0.4, 0.5) is 4.79 Å². The van der Waals surface area contributed by atoms with Gasteiger partial charge < -0.3 is 39.4 Å². The molecule has 61 heavy (non-hydrogen) atoms. The lowest BCUT2D eigenvalue weighted by atomic mass is 9.77. The maximum Gasteiger partial charge on any atom is 0.336 e. The molecule has 0 aromatic carbocycles. The number of methoxy groups -OCH3 is 2. The van der Waals surface area contributed by atoms with Crippen molar-refractivity contribution in [2.45, 2.75) is 97.4 Å². The summed E-state index contributed by atoms with van der Waals surface area (Å²) in [6.45, 7) is 7.04. The number of aromatic nitrogens is 3. The average Bonchev–Trinajstić information content (AvgIpc) is 3.25. The van der Waals surface area contributed by atoms with Crippen LogP contribution < -0.4 is 17.1 Å². The number of amides is 4. The van der Waals surface area contributed by atoms with Gasteiger partial charge in [0.15, 0.2) is 0 Å². The van der Waals surface area contributed by atoms with Gasteiger partial charge in [-0.15, -0.1) is 6.58 Å². The number of carbonyl (C=O) groups excluding carboxylic acids is 7. The number of rotatable bonds is 22. The summed E-state index contributed by atoms with van der Waals surface area (Å²) in [4.78, 5) is 123. The molecule has 4 atom stereocenters. The van der Waals surface area contributed by atoms with Crippen molar-refractivity contribution >= 4 is 41.7 Å². The third-order valence-electron chi connectivity index (χ3n) is 9.14. The van der Waals surface area contributed by atoms with Crippen LogP contribution >= 0.6 is 0 Å². The Morgan fingerprint density at radius 2 is 0.918 bits per heavy atom. The first-order valence-corrected chi connectivity index (χ1v) is 19.0. The van der Waals surface area contributed by atoms with Crippen molar-refractivity contribution in [1.29, 1.82) is 0 Å². The van der Waals surface area contributed by atoms with Crippen molar-refractivity contribution in [3.63, 3.8) is 0 Å². The Morgan fingerprint density at radius 1 is 0.574 bits per heavy atom. The summed E-state index contributed by atoms with van der Waals surface area (Å²) in [5, 5.41) is 40.1. The number of hydrogen-bond donors (Lipinski definition) is 4. The predicted molar refractivity (Wildman–Crippen MR) is 210 cm³/mol. The smallest absolute Gasteiger partial charge is 0.336 e. The van der Waals surface area contributed by atoms with E-state index in [1.807, 2.05) is 0 Å². The maximum atomic E-state index is 13.0. The molecule has 1 aliphatic heterocycles. The largest absolute Gasteiger partial charge is 0.466 e. The lowest BCUT2D eigenvalue weighted by molar-refractivity contribution is -0.161. The Bertz CT molecular complexity index is 1980. The highest BCUT2D eigenvalue weighted by Gasteiger charge is 2.55. The van der Waals surface area contributed by atoms with E-state index in [0.29, 0.717) is 15.6 Å². The average molecular weight is 870 g/mol. The van der Waals surface area contributed by atoms with E-state index in [9.17, 15) is 68.4 Å². The minimum atomic E-state index is -1.49. The van der Waals surface area contributed by atoms with E-state index < -0.39 is 115 Å². The second kappa shape index (κ2) is 25.6. The molecular weight excluding hydrogens is 814 g/mol. The van der Waals surface area contributed by atoms with Gasteiger partial charge >= 0.3 is 47.0 Å². The Hall–Kier alpha value is -6.04. The van der Waals surface area contributed by atoms with Crippen LogP contribution in [-0.4, -0.2) is 151 Å². The van der Waals surface area contributed by atoms with E-state index in [4.69, 9.17) is 9.47 Å². The zero-order valence-electron chi connectivity index (χ0n) is 34.9. The molecule has 2 heterocycles. The summed E-state index contributed by atoms with van der Waals surface area (Å²) in [6, 6.07) is -0.948. The van der Waals surface area contributed by atoms with Gasteiger partial charge in [-0.3, -0.25) is 19.4 Å². The normalized spacial score (nSPS) is 15.7. The molecule has 1 aliphatic rings. The van der Waals surface area contributed by atoms with Gasteiger partial charge in [0.05, 0.1) is 59.2 Å². The summed E-state index contributed by atoms with van der Waals surface area (Å²) in [5.41, 5.74) is -4.40. The van der Waals surface area contributed by atoms with E-state index in [2.05, 4.69) is 16.1 Å². The second-order valence-electron chi connectivity index (χ2n) is 13.3. The molecule has 0 spiro atoms. The van der Waals surface area contributed by atoms with Crippen LogP contribution in [0.1, 0.15) is 53.4 Å². The molecule has 4 unspecified atom stereocenters. The molecule has 0 saturated carbocycles. The van der Waals surface area contributed by atoms with Crippen molar-refractivity contribution in [2.24, 2.45) is 5.41 Å². The molecule has 23 nitrogen and oxygen atoms in total. The molecule has 1 saturated heterocycles. The first-order valence-electron chi connectivity index (χ1n) is 19.0. The Balaban J connectivity index is 0.000000610. The molecule has 4 N–H and O–H groups in total. The monoisotopic (exact) mass is 869 g/mol. The highest BCUT2D eigenvalue weighted by Crippen LogP contribution is 2.36. The van der Waals surface area contributed by atoms with Gasteiger partial charge in [-0.25, -0.2) is 52.1 Å². The topological polar surface area (TPSA) is 310 Å². The number of nitrogens with zero attached hydrogens (tertiary/aromatic N) is 5. The number of carbonyl (C=O) groups is 7. The summed E-state index contributed by atoms with van der Waals surface area (Å²) < 4.78 is 20.2. The van der Waals surface area contributed by atoms with E-state index in [1.165, 1.54) is 6.08 Å². The van der Waals surface area contributed by atoms with Crippen LogP contribution in [0.3, 0.4) is 0 Å². The number of imide groups is 2. The van der Waals surface area contributed by atoms with E-state index in [0.717, 1.165) is 52.9 Å². The van der Waals surface area contributed by atoms with Crippen molar-refractivity contribution < 1.29 is 72.9 Å². The molecule has 340 valence electrons. The van der Waals surface area contributed by atoms with Crippen LogP contribution in [0.2, 0.25) is 0 Å². The van der Waals surface area contributed by atoms with Gasteiger partial charge in [-0.05, 0) is 25.7 Å². The van der Waals surface area contributed by atoms with Crippen LogP contribution in [0.15, 0.2) is 51.3 Å². The number of ether oxygens (including phenoxy) is 4. The van der Waals surface area contributed by atoms with Crippen molar-refractivity contribution in [3.8, 4) is 0 Å². The molecule has 2 rings (SSSR count). The Labute approximate surface area is 349 Å². The molecule has 4 amide bonds. The SMILES string of the molecule is C=CCn1c(=O)n(CC(O)CC)c(=O)n(CC(O)COC(=O)/C=C/C(=O)OC)c1=O.CCC(O)CN1C(=O)N(CC(O)COC(=O)/C=C/C(=O)OC)C(=O)C(CC)(CC)C1=O. The summed E-state index contributed by atoms with van der Waals surface area (Å²) >= 11 is 0. The number of esters is 4. The highest BCUT2D eigenvalue weighted by atomic mass is 16.5. The number of urea groups is 1. The van der Waals surface area contributed by atoms with Crippen LogP contribution in [0.5, 0.6) is 0 Å². The Kier molecular flexibility index (Phi) is 22.2. The first kappa shape index (κ1) is 53.0. The fraction of sp³-hybridized carbons (Fsp3) is 0.579. The molecule has 0 aliphatic carbocycles. The van der Waals surface area contributed by atoms with Gasteiger partial charge in [0, 0.05) is 24.3 Å². The highest BCUT2D eigenvalue weighted by molar-refractivity contribution is 6.19. The molecule has 0 bridgehead atoms. The second-order valence-corrected chi connectivity index (χ2v) is 13.3. The van der Waals surface area contributed by atoms with Gasteiger partial charge in [0.1, 0.15) is 30.8 Å². The van der Waals surface area contributed by atoms with Gasteiger partial charge in [0.25, 0.3) is 0 Å². The Morgan fingerprint density at radius 3 is 1.30 bits per heavy atom. The molecule has 1 aromatic heterocycles. The summed E-state index contributed by atoms with van der Waals surface area (Å²) in [5.74, 6) is -4.85. The van der Waals surface area contributed by atoms with Crippen LogP contribution in [-0.2, 0) is 67.3 Å². The zero-order chi connectivity index (χ0) is 46.6. The zero-order valence-corrected chi connectivity index (χ0v) is 34.9. The third kappa shape index (κ3) is 14.9. The standard InChI is InChI=1S/C20H30N2O9.C18H25N3O9/c1-5-13(23)10-21-17(27)20(6-2,7-3)18(28)22(19(21)29)11-14(24)12-31-16(26)9-8-15(25)30-4;1-4-8-19-16(26)20(9-12(22)5-2)18(28)21(17(19)27)10-13(23)11-30-15(25)7-6-14(24)29-3/h8-9,13-14,23-24H,5-7,10-12H2,1-4H3;4,6-7,12-13,22-23H,1,5,8-11H2,2-3H3/b9-8+;7-6+. The number of hydrogen-bond acceptors (Lipinski definition) is 18. The fourth-order valence-corrected chi connectivity index (χ4v) is 5.45. The van der Waals surface area contributed by atoms with Gasteiger partial charge in [-0.2, -0.15) is 0 Å². The molecule has 1 fully saturated rings. The first-order chi connectivity index (χ1) is 28.7. The molecule has 23 heteroatoms. The van der Waals surface area contributed by atoms with Gasteiger partial charge in [-0.1, -0.05) is 33.8 Å². The summed E-state index contributed by atoms with van der Waals surface area (Å²) in [7, 11) is 2.26. The van der Waals surface area contributed by atoms with Crippen LogP contribution in [0.25, 0.3) is 0 Å². The number of aliphatic hydroxyl groups excluding tert-OH is 4. The van der Waals surface area contributed by atoms with Crippen molar-refractivity contribution in [3.05, 3.63) is 68.4 Å². The third-order valence-corrected chi connectivity index (χ3v) is 9.14. The number of aliphatic hydroxyl groups is 4. The van der Waals surface area contributed by atoms with E-state index in [-0.39, 0.29) is 38.9 Å². The molecule has 1 aromatic rings. The number of β-amino-alcohol motifs (C(OH)–C–C–N with tert-alkyl or cyclic N) is 2. The van der Waals surface area contributed by atoms with Crippen LogP contribution in [0, 0.1) is 5.41 Å².